The van der Waals surface area contributed by atoms with Crippen molar-refractivity contribution in [1.29, 1.82) is 0 Å². The molecule has 2 nitrogen and oxygen atoms in total. The van der Waals surface area contributed by atoms with Gasteiger partial charge in [0.15, 0.2) is 0 Å². The van der Waals surface area contributed by atoms with Gasteiger partial charge in [0.2, 0.25) is 0 Å². The molecule has 1 heterocycles. The van der Waals surface area contributed by atoms with E-state index in [1.807, 2.05) is 5.38 Å². The van der Waals surface area contributed by atoms with E-state index in [0.29, 0.717) is 11.9 Å². The van der Waals surface area contributed by atoms with E-state index in [1.165, 1.54) is 5.01 Å². The number of hydrogen-bond donors (Lipinski definition) is 0. The van der Waals surface area contributed by atoms with Crippen molar-refractivity contribution in [2.75, 3.05) is 13.1 Å². The minimum atomic E-state index is 0.409. The van der Waals surface area contributed by atoms with Crippen LogP contribution in [0.2, 0.25) is 0 Å². The molecular weight excluding hydrogens is 216 g/mol. The first-order valence-corrected chi connectivity index (χ1v) is 6.38. The molecule has 0 saturated carbocycles. The van der Waals surface area contributed by atoms with Crippen molar-refractivity contribution in [2.24, 2.45) is 0 Å². The lowest BCUT2D eigenvalue weighted by molar-refractivity contribution is 0.234. The van der Waals surface area contributed by atoms with Gasteiger partial charge in [-0.15, -0.1) is 22.9 Å². The number of hydrogen-bond acceptors (Lipinski definition) is 3. The molecule has 4 heteroatoms. The normalized spacial score (nSPS) is 13.5. The molecule has 0 spiro atoms. The van der Waals surface area contributed by atoms with E-state index in [2.05, 4.69) is 30.7 Å². The predicted molar refractivity (Wildman–Crippen MR) is 63.0 cm³/mol. The lowest BCUT2D eigenvalue weighted by Gasteiger charge is -2.24. The molecule has 1 rings (SSSR count). The summed E-state index contributed by atoms with van der Waals surface area (Å²) < 4.78 is 0. The first kappa shape index (κ1) is 12.0. The molecule has 1 aromatic heterocycles. The summed E-state index contributed by atoms with van der Waals surface area (Å²) in [7, 11) is 0. The molecule has 0 aliphatic carbocycles. The van der Waals surface area contributed by atoms with Crippen LogP contribution in [0, 0.1) is 0 Å². The number of nitrogens with zero attached hydrogens (tertiary/aromatic N) is 2. The summed E-state index contributed by atoms with van der Waals surface area (Å²) in [4.78, 5) is 6.88. The molecule has 0 bridgehead atoms. The molecule has 14 heavy (non-hydrogen) atoms. The van der Waals surface area contributed by atoms with Crippen LogP contribution < -0.4 is 0 Å². The average Bonchev–Trinajstić information content (AvgIpc) is 2.67. The van der Waals surface area contributed by atoms with Crippen molar-refractivity contribution in [3.63, 3.8) is 0 Å². The Labute approximate surface area is 94.9 Å². The highest BCUT2D eigenvalue weighted by Crippen LogP contribution is 2.23. The summed E-state index contributed by atoms with van der Waals surface area (Å²) in [5, 5.41) is 3.21. The van der Waals surface area contributed by atoms with Crippen LogP contribution in [0.1, 0.15) is 37.5 Å². The highest BCUT2D eigenvalue weighted by molar-refractivity contribution is 7.09. The van der Waals surface area contributed by atoms with Crippen LogP contribution in [-0.4, -0.2) is 23.0 Å². The van der Waals surface area contributed by atoms with Gasteiger partial charge in [-0.1, -0.05) is 13.8 Å². The van der Waals surface area contributed by atoms with Crippen LogP contribution in [-0.2, 0) is 5.88 Å². The topological polar surface area (TPSA) is 16.1 Å². The van der Waals surface area contributed by atoms with Gasteiger partial charge in [0, 0.05) is 5.38 Å². The number of alkyl halides is 1. The third kappa shape index (κ3) is 2.69. The average molecular weight is 233 g/mol. The third-order valence-corrected chi connectivity index (χ3v) is 3.76. The molecule has 0 fully saturated rings. The van der Waals surface area contributed by atoms with Crippen LogP contribution in [0.4, 0.5) is 0 Å². The smallest absolute Gasteiger partial charge is 0.110 e. The van der Waals surface area contributed by atoms with Crippen molar-refractivity contribution in [1.82, 2.24) is 9.88 Å². The Morgan fingerprint density at radius 1 is 1.50 bits per heavy atom. The van der Waals surface area contributed by atoms with Crippen LogP contribution in [0.15, 0.2) is 5.38 Å². The molecular formula is C10H17ClN2S. The standard InChI is InChI=1S/C10H17ClN2S/c1-4-13(5-2)8(3)10-12-9(6-11)7-14-10/h7-8H,4-6H2,1-3H3. The van der Waals surface area contributed by atoms with E-state index in [-0.39, 0.29) is 0 Å². The van der Waals surface area contributed by atoms with Crippen LogP contribution in [0.5, 0.6) is 0 Å². The first-order chi connectivity index (χ1) is 6.72. The minimum absolute atomic E-state index is 0.409. The van der Waals surface area contributed by atoms with E-state index >= 15 is 0 Å². The number of halogens is 1. The largest absolute Gasteiger partial charge is 0.295 e. The molecule has 1 unspecified atom stereocenters. The Bertz CT molecular complexity index is 271. The maximum absolute atomic E-state index is 5.72. The zero-order valence-corrected chi connectivity index (χ0v) is 10.5. The van der Waals surface area contributed by atoms with Gasteiger partial charge in [0.25, 0.3) is 0 Å². The van der Waals surface area contributed by atoms with Gasteiger partial charge in [0.05, 0.1) is 17.6 Å². The van der Waals surface area contributed by atoms with Crippen molar-refractivity contribution >= 4 is 22.9 Å². The zero-order valence-electron chi connectivity index (χ0n) is 8.96. The second kappa shape index (κ2) is 5.69. The molecule has 0 N–H and O–H groups in total. The van der Waals surface area contributed by atoms with Gasteiger partial charge in [-0.2, -0.15) is 0 Å². The fraction of sp³-hybridized carbons (Fsp3) is 0.700. The Hall–Kier alpha value is -0.120. The Morgan fingerprint density at radius 3 is 2.57 bits per heavy atom. The van der Waals surface area contributed by atoms with Crippen molar-refractivity contribution < 1.29 is 0 Å². The maximum atomic E-state index is 5.72. The van der Waals surface area contributed by atoms with E-state index < -0.39 is 0 Å². The number of rotatable bonds is 5. The molecule has 0 radical (unpaired) electrons. The van der Waals surface area contributed by atoms with E-state index in [1.54, 1.807) is 11.3 Å². The summed E-state index contributed by atoms with van der Waals surface area (Å²) in [6, 6.07) is 0.409. The summed E-state index contributed by atoms with van der Waals surface area (Å²) in [6.07, 6.45) is 0. The molecule has 0 aliphatic rings. The first-order valence-electron chi connectivity index (χ1n) is 4.97. The van der Waals surface area contributed by atoms with Gasteiger partial charge in [-0.05, 0) is 20.0 Å². The van der Waals surface area contributed by atoms with Crippen LogP contribution in [0.3, 0.4) is 0 Å². The van der Waals surface area contributed by atoms with Crippen molar-refractivity contribution in [3.05, 3.63) is 16.1 Å². The van der Waals surface area contributed by atoms with Gasteiger partial charge < -0.3 is 0 Å². The fourth-order valence-corrected chi connectivity index (χ4v) is 2.64. The SMILES string of the molecule is CCN(CC)C(C)c1nc(CCl)cs1. The molecule has 80 valence electrons. The maximum Gasteiger partial charge on any atom is 0.110 e. The lowest BCUT2D eigenvalue weighted by Crippen LogP contribution is -2.26. The molecule has 0 aliphatic heterocycles. The van der Waals surface area contributed by atoms with E-state index in [9.17, 15) is 0 Å². The molecule has 0 aromatic carbocycles. The zero-order chi connectivity index (χ0) is 10.6. The van der Waals surface area contributed by atoms with E-state index in [4.69, 9.17) is 11.6 Å². The van der Waals surface area contributed by atoms with Crippen molar-refractivity contribution in [3.8, 4) is 0 Å². The van der Waals surface area contributed by atoms with E-state index in [0.717, 1.165) is 18.8 Å². The van der Waals surface area contributed by atoms with Gasteiger partial charge >= 0.3 is 0 Å². The summed E-state index contributed by atoms with van der Waals surface area (Å²) in [5.74, 6) is 0.515. The molecule has 0 amide bonds. The molecule has 1 atom stereocenters. The third-order valence-electron chi connectivity index (χ3n) is 2.42. The van der Waals surface area contributed by atoms with Crippen LogP contribution in [0.25, 0.3) is 0 Å². The summed E-state index contributed by atoms with van der Waals surface area (Å²) >= 11 is 7.43. The Kier molecular flexibility index (Phi) is 4.85. The fourth-order valence-electron chi connectivity index (χ4n) is 1.50. The summed E-state index contributed by atoms with van der Waals surface area (Å²) in [5.41, 5.74) is 0.991. The minimum Gasteiger partial charge on any atom is -0.295 e. The predicted octanol–water partition coefficient (Wildman–Crippen LogP) is 3.28. The quantitative estimate of drug-likeness (QED) is 0.725. The number of thiazole rings is 1. The van der Waals surface area contributed by atoms with Gasteiger partial charge in [-0.25, -0.2) is 4.98 Å². The second-order valence-electron chi connectivity index (χ2n) is 3.21. The second-order valence-corrected chi connectivity index (χ2v) is 4.36. The number of aromatic nitrogens is 1. The lowest BCUT2D eigenvalue weighted by atomic mass is 10.3. The highest BCUT2D eigenvalue weighted by Gasteiger charge is 2.15. The monoisotopic (exact) mass is 232 g/mol. The highest BCUT2D eigenvalue weighted by atomic mass is 35.5. The van der Waals surface area contributed by atoms with Gasteiger partial charge in [0.1, 0.15) is 5.01 Å². The van der Waals surface area contributed by atoms with Gasteiger partial charge in [-0.3, -0.25) is 4.90 Å². The Balaban J connectivity index is 2.72. The summed E-state index contributed by atoms with van der Waals surface area (Å²) in [6.45, 7) is 8.68. The van der Waals surface area contributed by atoms with Crippen molar-refractivity contribution in [2.45, 2.75) is 32.7 Å². The molecule has 1 aromatic rings. The Morgan fingerprint density at radius 2 is 2.14 bits per heavy atom. The van der Waals surface area contributed by atoms with Crippen LogP contribution >= 0.6 is 22.9 Å². The molecule has 0 saturated heterocycles.